The first-order chi connectivity index (χ1) is 5.16. The molecule has 0 heterocycles. The van der Waals surface area contributed by atoms with Gasteiger partial charge in [0.15, 0.2) is 0 Å². The molecule has 0 aromatic rings. The molecule has 1 N–H and O–H groups in total. The van der Waals surface area contributed by atoms with Crippen molar-refractivity contribution in [1.29, 1.82) is 0 Å². The molecule has 0 fully saturated rings. The topological polar surface area (TPSA) is 49.7 Å². The Balaban J connectivity index is 3.74. The third-order valence-corrected chi connectivity index (χ3v) is 1.37. The number of hydrogen-bond acceptors (Lipinski definition) is 2. The van der Waals surface area contributed by atoms with Crippen LogP contribution in [-0.2, 0) is 4.79 Å². The van der Waals surface area contributed by atoms with E-state index in [-0.39, 0.29) is 6.42 Å². The summed E-state index contributed by atoms with van der Waals surface area (Å²) in [5.41, 5.74) is 0. The molecule has 0 radical (unpaired) electrons. The van der Waals surface area contributed by atoms with Gasteiger partial charge in [-0.3, -0.25) is 9.79 Å². The van der Waals surface area contributed by atoms with Crippen LogP contribution in [0.25, 0.3) is 0 Å². The Kier molecular flexibility index (Phi) is 5.74. The molecule has 62 valence electrons. The van der Waals surface area contributed by atoms with Crippen molar-refractivity contribution in [2.45, 2.75) is 13.3 Å². The van der Waals surface area contributed by atoms with Gasteiger partial charge in [0.1, 0.15) is 0 Å². The molecule has 0 rings (SSSR count). The summed E-state index contributed by atoms with van der Waals surface area (Å²) in [6.45, 7) is 2.60. The number of rotatable bonds is 4. The lowest BCUT2D eigenvalue weighted by Crippen LogP contribution is -1.90. The summed E-state index contributed by atoms with van der Waals surface area (Å²) in [6, 6.07) is 0. The van der Waals surface area contributed by atoms with Gasteiger partial charge in [-0.2, -0.15) is 0 Å². The van der Waals surface area contributed by atoms with Crippen LogP contribution >= 0.6 is 15.9 Å². The minimum Gasteiger partial charge on any atom is -0.481 e. The van der Waals surface area contributed by atoms with Crippen LogP contribution in [0, 0.1) is 0 Å². The lowest BCUT2D eigenvalue weighted by molar-refractivity contribution is -0.135. The summed E-state index contributed by atoms with van der Waals surface area (Å²) < 4.78 is 0.682. The summed E-state index contributed by atoms with van der Waals surface area (Å²) in [6.07, 6.45) is 3.22. The molecule has 4 heteroatoms. The van der Waals surface area contributed by atoms with E-state index in [1.807, 2.05) is 6.92 Å². The summed E-state index contributed by atoms with van der Waals surface area (Å²) in [7, 11) is 0. The van der Waals surface area contributed by atoms with Crippen LogP contribution in [0.1, 0.15) is 13.3 Å². The third-order valence-electron chi connectivity index (χ3n) is 0.857. The van der Waals surface area contributed by atoms with Gasteiger partial charge < -0.3 is 5.11 Å². The fourth-order valence-corrected chi connectivity index (χ4v) is 0.898. The van der Waals surface area contributed by atoms with Gasteiger partial charge in [0, 0.05) is 6.54 Å². The average Bonchev–Trinajstić information content (AvgIpc) is 1.87. The second kappa shape index (κ2) is 6.09. The van der Waals surface area contributed by atoms with Crippen molar-refractivity contribution in [3.05, 3.63) is 12.2 Å². The maximum atomic E-state index is 10.0. The molecular formula is C7H10BrNO2. The van der Waals surface area contributed by atoms with Gasteiger partial charge in [0.2, 0.25) is 0 Å². The number of aliphatic carboxylic acids is 1. The number of carboxylic acid groups (broad SMARTS) is 1. The Labute approximate surface area is 74.0 Å². The first-order valence-corrected chi connectivity index (χ1v) is 4.04. The number of carbonyl (C=O) groups is 1. The number of nitrogens with zero attached hydrogens (tertiary/aromatic N) is 1. The van der Waals surface area contributed by atoms with Crippen molar-refractivity contribution in [2.24, 2.45) is 4.99 Å². The Morgan fingerprint density at radius 2 is 2.36 bits per heavy atom. The second-order valence-electron chi connectivity index (χ2n) is 1.80. The molecule has 0 spiro atoms. The van der Waals surface area contributed by atoms with E-state index in [0.717, 1.165) is 0 Å². The van der Waals surface area contributed by atoms with Gasteiger partial charge in [-0.1, -0.05) is 6.08 Å². The standard InChI is InChI=1S/C7H10BrNO2/c1-2-9-6(8)4-3-5-7(10)11/h3-4H,2,5H2,1H3,(H,10,11)/b4-3-,9-6?. The number of allylic oxidation sites excluding steroid dienone is 1. The fraction of sp³-hybridized carbons (Fsp3) is 0.429. The van der Waals surface area contributed by atoms with Crippen molar-refractivity contribution in [1.82, 2.24) is 0 Å². The zero-order valence-electron chi connectivity index (χ0n) is 6.25. The van der Waals surface area contributed by atoms with E-state index < -0.39 is 5.97 Å². The molecule has 0 unspecified atom stereocenters. The van der Waals surface area contributed by atoms with E-state index in [1.165, 1.54) is 0 Å². The number of aliphatic imine (C=N–C) groups is 1. The highest BCUT2D eigenvalue weighted by atomic mass is 79.9. The Hall–Kier alpha value is -0.640. The zero-order valence-corrected chi connectivity index (χ0v) is 7.84. The number of halogens is 1. The van der Waals surface area contributed by atoms with E-state index in [1.54, 1.807) is 12.2 Å². The largest absolute Gasteiger partial charge is 0.481 e. The van der Waals surface area contributed by atoms with Crippen LogP contribution in [0.3, 0.4) is 0 Å². The van der Waals surface area contributed by atoms with Crippen molar-refractivity contribution >= 4 is 26.5 Å². The van der Waals surface area contributed by atoms with E-state index in [9.17, 15) is 4.79 Å². The molecule has 0 aromatic heterocycles. The number of carboxylic acids is 1. The number of hydrogen-bond donors (Lipinski definition) is 1. The fourth-order valence-electron chi connectivity index (χ4n) is 0.461. The van der Waals surface area contributed by atoms with E-state index in [2.05, 4.69) is 20.9 Å². The second-order valence-corrected chi connectivity index (χ2v) is 2.61. The van der Waals surface area contributed by atoms with Crippen molar-refractivity contribution in [2.75, 3.05) is 6.54 Å². The first-order valence-electron chi connectivity index (χ1n) is 3.25. The highest BCUT2D eigenvalue weighted by Crippen LogP contribution is 1.93. The van der Waals surface area contributed by atoms with Crippen LogP contribution in [0.4, 0.5) is 0 Å². The smallest absolute Gasteiger partial charge is 0.307 e. The molecule has 0 saturated carbocycles. The minimum atomic E-state index is -0.835. The maximum Gasteiger partial charge on any atom is 0.307 e. The molecule has 0 aliphatic carbocycles. The summed E-state index contributed by atoms with van der Waals surface area (Å²) >= 11 is 3.16. The van der Waals surface area contributed by atoms with Crippen LogP contribution in [0.15, 0.2) is 17.1 Å². The Bertz CT molecular complexity index is 187. The Morgan fingerprint density at radius 1 is 1.73 bits per heavy atom. The molecule has 0 aliphatic rings. The van der Waals surface area contributed by atoms with Gasteiger partial charge in [0.05, 0.1) is 11.0 Å². The summed E-state index contributed by atoms with van der Waals surface area (Å²) in [5.74, 6) is -0.835. The first kappa shape index (κ1) is 10.4. The summed E-state index contributed by atoms with van der Waals surface area (Å²) in [5, 5.41) is 8.25. The molecule has 0 atom stereocenters. The minimum absolute atomic E-state index is 0.0360. The SMILES string of the molecule is CCN=C(Br)/C=C\CC(=O)O. The molecule has 0 bridgehead atoms. The van der Waals surface area contributed by atoms with Crippen LogP contribution in [0.2, 0.25) is 0 Å². The molecule has 0 saturated heterocycles. The quantitative estimate of drug-likeness (QED) is 0.734. The monoisotopic (exact) mass is 219 g/mol. The van der Waals surface area contributed by atoms with E-state index >= 15 is 0 Å². The highest BCUT2D eigenvalue weighted by Gasteiger charge is 1.89. The molecule has 0 aliphatic heterocycles. The van der Waals surface area contributed by atoms with Crippen LogP contribution < -0.4 is 0 Å². The van der Waals surface area contributed by atoms with Crippen molar-refractivity contribution in [3.8, 4) is 0 Å². The van der Waals surface area contributed by atoms with E-state index in [0.29, 0.717) is 11.2 Å². The lowest BCUT2D eigenvalue weighted by atomic mass is 10.4. The van der Waals surface area contributed by atoms with Crippen molar-refractivity contribution < 1.29 is 9.90 Å². The van der Waals surface area contributed by atoms with Crippen LogP contribution in [0.5, 0.6) is 0 Å². The Morgan fingerprint density at radius 3 is 2.82 bits per heavy atom. The third kappa shape index (κ3) is 7.25. The maximum absolute atomic E-state index is 10.0. The molecule has 0 aromatic carbocycles. The van der Waals surface area contributed by atoms with Crippen LogP contribution in [-0.4, -0.2) is 22.2 Å². The zero-order chi connectivity index (χ0) is 8.69. The van der Waals surface area contributed by atoms with Gasteiger partial charge in [-0.05, 0) is 28.9 Å². The van der Waals surface area contributed by atoms with Gasteiger partial charge in [-0.25, -0.2) is 0 Å². The van der Waals surface area contributed by atoms with Gasteiger partial charge in [0.25, 0.3) is 0 Å². The molecule has 11 heavy (non-hydrogen) atoms. The average molecular weight is 220 g/mol. The molecule has 3 nitrogen and oxygen atoms in total. The van der Waals surface area contributed by atoms with Gasteiger partial charge in [-0.15, -0.1) is 0 Å². The van der Waals surface area contributed by atoms with Gasteiger partial charge >= 0.3 is 5.97 Å². The van der Waals surface area contributed by atoms with Crippen molar-refractivity contribution in [3.63, 3.8) is 0 Å². The molecular weight excluding hydrogens is 210 g/mol. The molecule has 0 amide bonds. The predicted molar refractivity (Wildman–Crippen MR) is 48.3 cm³/mol. The lowest BCUT2D eigenvalue weighted by Gasteiger charge is -1.86. The predicted octanol–water partition coefficient (Wildman–Crippen LogP) is 1.83. The van der Waals surface area contributed by atoms with E-state index in [4.69, 9.17) is 5.11 Å². The normalized spacial score (nSPS) is 12.4. The summed E-state index contributed by atoms with van der Waals surface area (Å²) in [4.78, 5) is 14.0. The highest BCUT2D eigenvalue weighted by molar-refractivity contribution is 9.18.